The molecule has 1 amide bonds. The molecule has 68 heavy (non-hydrogen) atoms. The van der Waals surface area contributed by atoms with Crippen molar-refractivity contribution in [3.8, 4) is 17.2 Å². The number of benzene rings is 3. The second-order valence-electron chi connectivity index (χ2n) is 18.2. The molecule has 1 aliphatic heterocycles. The Hall–Kier alpha value is -6.05. The average molecular weight is 948 g/mol. The van der Waals surface area contributed by atoms with E-state index in [2.05, 4.69) is 10.3 Å². The molecule has 0 unspecified atom stereocenters. The van der Waals surface area contributed by atoms with Crippen molar-refractivity contribution in [3.63, 3.8) is 0 Å². The third-order valence-corrected chi connectivity index (χ3v) is 12.5. The number of likely N-dealkylation sites (N-methyl/N-ethyl adjacent to an activating group) is 1. The van der Waals surface area contributed by atoms with Gasteiger partial charge in [0.1, 0.15) is 46.9 Å². The summed E-state index contributed by atoms with van der Waals surface area (Å²) >= 11 is 0. The van der Waals surface area contributed by atoms with E-state index >= 15 is 0 Å². The van der Waals surface area contributed by atoms with Crippen LogP contribution >= 0.6 is 0 Å². The highest BCUT2D eigenvalue weighted by Gasteiger charge is 2.40. The van der Waals surface area contributed by atoms with Crippen LogP contribution in [0.1, 0.15) is 61.0 Å². The van der Waals surface area contributed by atoms with Crippen LogP contribution in [0.2, 0.25) is 0 Å². The zero-order valence-electron chi connectivity index (χ0n) is 40.7. The number of amides is 1. The molecule has 1 aromatic heterocycles. The van der Waals surface area contributed by atoms with E-state index in [1.807, 2.05) is 19.0 Å². The third-order valence-electron chi connectivity index (χ3n) is 12.5. The van der Waals surface area contributed by atoms with E-state index in [4.69, 9.17) is 28.1 Å². The minimum atomic E-state index is -1.27. The molecule has 8 atom stereocenters. The summed E-state index contributed by atoms with van der Waals surface area (Å²) in [5.41, 5.74) is -3.49. The summed E-state index contributed by atoms with van der Waals surface area (Å²) in [4.78, 5) is 60.8. The molecule has 0 bridgehead atoms. The Balaban J connectivity index is 1.49. The van der Waals surface area contributed by atoms with Crippen molar-refractivity contribution >= 4 is 56.3 Å². The van der Waals surface area contributed by atoms with Crippen molar-refractivity contribution in [3.05, 3.63) is 79.5 Å². The Morgan fingerprint density at radius 2 is 1.63 bits per heavy atom. The van der Waals surface area contributed by atoms with Crippen LogP contribution in [0.3, 0.4) is 0 Å². The van der Waals surface area contributed by atoms with Gasteiger partial charge in [0.25, 0.3) is 5.91 Å². The highest BCUT2D eigenvalue weighted by Crippen LogP contribution is 2.41. The van der Waals surface area contributed by atoms with Gasteiger partial charge in [-0.1, -0.05) is 45.9 Å². The van der Waals surface area contributed by atoms with Crippen molar-refractivity contribution < 1.29 is 63.2 Å². The summed E-state index contributed by atoms with van der Waals surface area (Å²) in [6.45, 7) is 15.8. The van der Waals surface area contributed by atoms with E-state index in [1.165, 1.54) is 52.2 Å². The van der Waals surface area contributed by atoms with Crippen LogP contribution in [0.4, 0.5) is 5.69 Å². The third kappa shape index (κ3) is 11.1. The maximum Gasteiger partial charge on any atom is 0.302 e. The monoisotopic (exact) mass is 947 g/mol. The maximum absolute atomic E-state index is 14.6. The molecule has 0 saturated carbocycles. The topological polar surface area (TPSA) is 257 Å². The number of nitrogens with one attached hydrogen (secondary N) is 1. The number of aromatic hydroxyl groups is 1. The van der Waals surface area contributed by atoms with E-state index in [0.29, 0.717) is 13.2 Å². The normalized spacial score (nSPS) is 17.6. The van der Waals surface area contributed by atoms with Crippen LogP contribution in [0, 0.1) is 30.6 Å². The lowest BCUT2D eigenvalue weighted by Gasteiger charge is -2.37. The fraction of sp³-hybridized carbons (Fsp3) is 0.500. The highest BCUT2D eigenvalue weighted by atomic mass is 16.5. The molecule has 6 N–H and O–H groups in total. The van der Waals surface area contributed by atoms with Crippen LogP contribution in [0.15, 0.2) is 62.3 Å². The summed E-state index contributed by atoms with van der Waals surface area (Å²) in [6.07, 6.45) is 3.14. The minimum Gasteiger partial charge on any atom is -0.516 e. The number of ether oxygens (including phenoxy) is 5. The Labute approximate surface area is 394 Å². The Kier molecular flexibility index (Phi) is 17.1. The SMILES string of the molecule is CO[C@@H](/C=C/O)[C@@H](C)[C@@H](OC(C)=O)[C@H](C)[C@H](O)[C@H](C)[C@@H](O)[C@@H](C)/C=C/C=C(/C)C(=O)Nc1c(=O)c2c(O)c(C)c3c(c2c2nc4c(=O)cc(OCCOCCN(C)C)cc4oc12)=C(O)C(C)(C)O3. The van der Waals surface area contributed by atoms with Gasteiger partial charge in [0.15, 0.2) is 22.3 Å². The van der Waals surface area contributed by atoms with Crippen molar-refractivity contribution in [1.82, 2.24) is 9.88 Å². The van der Waals surface area contributed by atoms with E-state index in [0.717, 1.165) is 6.26 Å². The number of hydrogen-bond acceptors (Lipinski definition) is 17. The molecule has 4 aromatic rings. The largest absolute Gasteiger partial charge is 0.516 e. The number of aromatic nitrogens is 1. The Bertz CT molecular complexity index is 2800. The van der Waals surface area contributed by atoms with Gasteiger partial charge in [-0.05, 0) is 47.9 Å². The number of phenolic OH excluding ortho intramolecular Hbond substituents is 1. The number of aliphatic hydroxyl groups is 4. The van der Waals surface area contributed by atoms with Gasteiger partial charge in [0.2, 0.25) is 10.9 Å². The first-order valence-electron chi connectivity index (χ1n) is 22.4. The lowest BCUT2D eigenvalue weighted by atomic mass is 9.78. The predicted octanol–water partition coefficient (Wildman–Crippen LogP) is 5.11. The molecule has 18 nitrogen and oxygen atoms in total. The number of anilines is 1. The molecule has 3 aromatic carbocycles. The first kappa shape index (κ1) is 52.9. The molecule has 0 radical (unpaired) electrons. The molecule has 0 aliphatic carbocycles. The second kappa shape index (κ2) is 21.9. The van der Waals surface area contributed by atoms with Crippen molar-refractivity contribution in [2.45, 2.75) is 92.3 Å². The van der Waals surface area contributed by atoms with Gasteiger partial charge in [-0.3, -0.25) is 19.2 Å². The predicted molar refractivity (Wildman–Crippen MR) is 257 cm³/mol. The summed E-state index contributed by atoms with van der Waals surface area (Å²) < 4.78 is 34.8. The molecule has 1 aliphatic rings. The lowest BCUT2D eigenvalue weighted by Crippen LogP contribution is -2.46. The molecule has 0 fully saturated rings. The van der Waals surface area contributed by atoms with Gasteiger partial charge in [0.05, 0.1) is 48.4 Å². The van der Waals surface area contributed by atoms with E-state index in [-0.39, 0.29) is 79.8 Å². The number of nitrogens with zero attached hydrogens (tertiary/aromatic N) is 2. The fourth-order valence-electron chi connectivity index (χ4n) is 8.41. The number of phenols is 1. The number of rotatable bonds is 21. The molecular weight excluding hydrogens is 883 g/mol. The van der Waals surface area contributed by atoms with Gasteiger partial charge < -0.3 is 63.9 Å². The molecule has 18 heteroatoms. The van der Waals surface area contributed by atoms with Crippen LogP contribution in [0.5, 0.6) is 17.2 Å². The Morgan fingerprint density at radius 3 is 2.26 bits per heavy atom. The quantitative estimate of drug-likeness (QED) is 0.0121. The number of fused-ring (bicyclic) bond motifs is 6. The molecule has 0 spiro atoms. The standard InChI is InChI=1S/C50H65N3O15/c1-24(41(57)27(4)42(58)28(5)45(66-30(7)55)26(3)33(63-12)16-18-54)14-13-15-25(2)49(62)52-40-44(60)36-35(37-46(29(6)43(36)59)68-50(8,9)48(37)61)39-47(40)67-34-23-31(22-32(56)38(34)51-39)65-21-20-64-19-17-53(10)11/h13-16,18,22-24,26-28,33,41-42,45,54,57-59,61H,17,19-21H2,1-12H3,(H,52,62)/b14-13+,18-16+,25-15-/t24-,26+,27+,28+,33-,41-,42+,45+/m0/s1. The number of hydrogen-bond donors (Lipinski definition) is 6. The van der Waals surface area contributed by atoms with Gasteiger partial charge in [-0.15, -0.1) is 0 Å². The fourth-order valence-corrected chi connectivity index (χ4v) is 8.41. The van der Waals surface area contributed by atoms with Crippen molar-refractivity contribution in [2.24, 2.45) is 23.7 Å². The number of methoxy groups -OCH3 is 1. The van der Waals surface area contributed by atoms with E-state index in [1.54, 1.807) is 53.7 Å². The zero-order chi connectivity index (χ0) is 50.5. The average Bonchev–Trinajstić information content (AvgIpc) is 3.53. The van der Waals surface area contributed by atoms with Crippen molar-refractivity contribution in [2.75, 3.05) is 52.9 Å². The molecular formula is C50H65N3O15. The van der Waals surface area contributed by atoms with Crippen LogP contribution in [-0.2, 0) is 23.8 Å². The van der Waals surface area contributed by atoms with Gasteiger partial charge in [-0.2, -0.15) is 0 Å². The zero-order valence-corrected chi connectivity index (χ0v) is 40.7. The number of carbonyl (C=O) groups is 2. The van der Waals surface area contributed by atoms with Gasteiger partial charge in [0, 0.05) is 72.9 Å². The second-order valence-corrected chi connectivity index (χ2v) is 18.2. The lowest BCUT2D eigenvalue weighted by molar-refractivity contribution is -0.160. The molecule has 0 saturated heterocycles. The number of allylic oxidation sites excluding steroid dienone is 2. The van der Waals surface area contributed by atoms with E-state index in [9.17, 15) is 44.7 Å². The summed E-state index contributed by atoms with van der Waals surface area (Å²) in [6, 6.07) is 2.66. The van der Waals surface area contributed by atoms with Gasteiger partial charge >= 0.3 is 5.97 Å². The molecule has 370 valence electrons. The van der Waals surface area contributed by atoms with E-state index < -0.39 is 87.9 Å². The van der Waals surface area contributed by atoms with Crippen molar-refractivity contribution in [1.29, 1.82) is 0 Å². The molecule has 2 heterocycles. The summed E-state index contributed by atoms with van der Waals surface area (Å²) in [5, 5.41) is 57.6. The van der Waals surface area contributed by atoms with Crippen LogP contribution < -0.4 is 30.9 Å². The highest BCUT2D eigenvalue weighted by molar-refractivity contribution is 6.16. The van der Waals surface area contributed by atoms with Crippen LogP contribution in [0.25, 0.3) is 38.7 Å². The number of aliphatic hydroxyl groups excluding tert-OH is 4. The summed E-state index contributed by atoms with van der Waals surface area (Å²) in [5.74, 6) is -4.26. The number of esters is 1. The summed E-state index contributed by atoms with van der Waals surface area (Å²) in [7, 11) is 5.29. The first-order chi connectivity index (χ1) is 32.0. The van der Waals surface area contributed by atoms with Gasteiger partial charge in [-0.25, -0.2) is 4.98 Å². The first-order valence-corrected chi connectivity index (χ1v) is 22.4. The smallest absolute Gasteiger partial charge is 0.302 e. The molecule has 5 rings (SSSR count). The number of carbonyl (C=O) groups excluding carboxylic acids is 2. The maximum atomic E-state index is 14.6. The minimum absolute atomic E-state index is 0.0460. The Morgan fingerprint density at radius 1 is 0.941 bits per heavy atom. The van der Waals surface area contributed by atoms with Crippen LogP contribution in [-0.4, -0.2) is 125 Å².